The van der Waals surface area contributed by atoms with Gasteiger partial charge in [-0.2, -0.15) is 0 Å². The molecule has 0 saturated carbocycles. The summed E-state index contributed by atoms with van der Waals surface area (Å²) in [4.78, 5) is 0. The smallest absolute Gasteiger partial charge is 0.0959 e. The number of ether oxygens (including phenoxy) is 1. The molecule has 0 unspecified atom stereocenters. The maximum absolute atomic E-state index is 6.10. The van der Waals surface area contributed by atoms with Crippen molar-refractivity contribution in [3.05, 3.63) is 35.4 Å². The zero-order valence-electron chi connectivity index (χ0n) is 9.29. The molecule has 0 bridgehead atoms. The van der Waals surface area contributed by atoms with Crippen molar-refractivity contribution in [2.45, 2.75) is 24.9 Å². The van der Waals surface area contributed by atoms with Gasteiger partial charge in [0.25, 0.3) is 0 Å². The van der Waals surface area contributed by atoms with Gasteiger partial charge in [0, 0.05) is 13.1 Å². The summed E-state index contributed by atoms with van der Waals surface area (Å²) in [5, 5.41) is 0. The van der Waals surface area contributed by atoms with Gasteiger partial charge in [0.2, 0.25) is 0 Å². The number of fused-ring (bicyclic) bond motifs is 2. The zero-order chi connectivity index (χ0) is 11.0. The van der Waals surface area contributed by atoms with E-state index >= 15 is 0 Å². The molecule has 3 rings (SSSR count). The molecule has 3 heteroatoms. The van der Waals surface area contributed by atoms with Crippen molar-refractivity contribution in [3.8, 4) is 0 Å². The summed E-state index contributed by atoms with van der Waals surface area (Å²) in [5.74, 6) is 0. The van der Waals surface area contributed by atoms with Gasteiger partial charge in [-0.1, -0.05) is 24.3 Å². The van der Waals surface area contributed by atoms with Crippen molar-refractivity contribution < 1.29 is 4.74 Å². The van der Waals surface area contributed by atoms with Gasteiger partial charge in [-0.25, -0.2) is 4.42 Å². The number of piperidine rings is 1. The second kappa shape index (κ2) is 4.02. The Kier molecular flexibility index (Phi) is 2.66. The van der Waals surface area contributed by atoms with E-state index in [1.165, 1.54) is 11.1 Å². The molecular formula is C13H16ClNO. The average Bonchev–Trinajstić information content (AvgIpc) is 2.34. The quantitative estimate of drug-likeness (QED) is 0.644. The minimum Gasteiger partial charge on any atom is -0.370 e. The lowest BCUT2D eigenvalue weighted by atomic mass is 9.80. The molecule has 1 aromatic carbocycles. The third-order valence-corrected chi connectivity index (χ3v) is 4.11. The summed E-state index contributed by atoms with van der Waals surface area (Å²) in [6, 6.07) is 8.68. The largest absolute Gasteiger partial charge is 0.370 e. The minimum atomic E-state index is -0.0553. The van der Waals surface area contributed by atoms with Crippen LogP contribution >= 0.6 is 11.8 Å². The van der Waals surface area contributed by atoms with E-state index in [1.807, 2.05) is 4.42 Å². The van der Waals surface area contributed by atoms with E-state index in [9.17, 15) is 0 Å². The van der Waals surface area contributed by atoms with Crippen LogP contribution in [0.2, 0.25) is 0 Å². The molecule has 0 aromatic heterocycles. The van der Waals surface area contributed by atoms with Gasteiger partial charge in [0.1, 0.15) is 0 Å². The first-order chi connectivity index (χ1) is 7.80. The molecular weight excluding hydrogens is 222 g/mol. The second-order valence-corrected chi connectivity index (χ2v) is 5.14. The van der Waals surface area contributed by atoms with Crippen LogP contribution < -0.4 is 0 Å². The molecule has 0 N–H and O–H groups in total. The number of nitrogens with zero attached hydrogens (tertiary/aromatic N) is 1. The SMILES string of the molecule is ClN1CCC2(CC1)OCCc1ccccc12. The van der Waals surface area contributed by atoms with Gasteiger partial charge >= 0.3 is 0 Å². The highest BCUT2D eigenvalue weighted by Gasteiger charge is 2.40. The molecule has 1 fully saturated rings. The molecule has 0 radical (unpaired) electrons. The Morgan fingerprint density at radius 1 is 1.19 bits per heavy atom. The topological polar surface area (TPSA) is 12.5 Å². The maximum atomic E-state index is 6.10. The first-order valence-electron chi connectivity index (χ1n) is 5.93. The van der Waals surface area contributed by atoms with Crippen LogP contribution in [0.15, 0.2) is 24.3 Å². The molecule has 86 valence electrons. The van der Waals surface area contributed by atoms with Crippen LogP contribution in [-0.2, 0) is 16.8 Å². The molecule has 2 heterocycles. The lowest BCUT2D eigenvalue weighted by molar-refractivity contribution is -0.0891. The van der Waals surface area contributed by atoms with E-state index in [0.717, 1.165) is 39.0 Å². The fourth-order valence-corrected chi connectivity index (χ4v) is 3.04. The third-order valence-electron chi connectivity index (χ3n) is 3.77. The monoisotopic (exact) mass is 237 g/mol. The van der Waals surface area contributed by atoms with Crippen LogP contribution in [0, 0.1) is 0 Å². The Hall–Kier alpha value is -0.570. The van der Waals surface area contributed by atoms with E-state index in [-0.39, 0.29) is 5.60 Å². The van der Waals surface area contributed by atoms with Crippen LogP contribution in [-0.4, -0.2) is 24.1 Å². The van der Waals surface area contributed by atoms with Crippen molar-refractivity contribution in [2.75, 3.05) is 19.7 Å². The van der Waals surface area contributed by atoms with Crippen molar-refractivity contribution in [2.24, 2.45) is 0 Å². The Bertz CT molecular complexity index is 385. The second-order valence-electron chi connectivity index (χ2n) is 4.66. The highest BCUT2D eigenvalue weighted by molar-refractivity contribution is 6.13. The van der Waals surface area contributed by atoms with Crippen LogP contribution in [0.4, 0.5) is 0 Å². The zero-order valence-corrected chi connectivity index (χ0v) is 10.0. The van der Waals surface area contributed by atoms with Gasteiger partial charge in [-0.05, 0) is 42.2 Å². The standard InChI is InChI=1S/C13H16ClNO/c14-15-8-6-13(7-9-15)12-4-2-1-3-11(12)5-10-16-13/h1-4H,5-10H2. The molecule has 2 aliphatic heterocycles. The Balaban J connectivity index is 1.97. The van der Waals surface area contributed by atoms with E-state index < -0.39 is 0 Å². The highest BCUT2D eigenvalue weighted by Crippen LogP contribution is 2.41. The summed E-state index contributed by atoms with van der Waals surface area (Å²) < 4.78 is 7.96. The molecule has 16 heavy (non-hydrogen) atoms. The maximum Gasteiger partial charge on any atom is 0.0959 e. The normalized spacial score (nSPS) is 24.3. The lowest BCUT2D eigenvalue weighted by Gasteiger charge is -2.43. The Labute approximate surface area is 101 Å². The molecule has 1 aromatic rings. The Morgan fingerprint density at radius 3 is 2.75 bits per heavy atom. The van der Waals surface area contributed by atoms with E-state index in [4.69, 9.17) is 16.5 Å². The third kappa shape index (κ3) is 1.65. The highest BCUT2D eigenvalue weighted by atomic mass is 35.5. The number of hydrogen-bond donors (Lipinski definition) is 0. The van der Waals surface area contributed by atoms with Crippen LogP contribution in [0.25, 0.3) is 0 Å². The minimum absolute atomic E-state index is 0.0553. The van der Waals surface area contributed by atoms with Crippen molar-refractivity contribution in [1.82, 2.24) is 4.42 Å². The van der Waals surface area contributed by atoms with E-state index in [2.05, 4.69) is 24.3 Å². The van der Waals surface area contributed by atoms with Crippen molar-refractivity contribution in [1.29, 1.82) is 0 Å². The predicted octanol–water partition coefficient (Wildman–Crippen LogP) is 2.70. The summed E-state index contributed by atoms with van der Waals surface area (Å²) in [6.07, 6.45) is 3.06. The Morgan fingerprint density at radius 2 is 1.94 bits per heavy atom. The van der Waals surface area contributed by atoms with Crippen molar-refractivity contribution >= 4 is 11.8 Å². The van der Waals surface area contributed by atoms with Gasteiger partial charge in [0.15, 0.2) is 0 Å². The summed E-state index contributed by atoms with van der Waals surface area (Å²) in [6.45, 7) is 2.67. The summed E-state index contributed by atoms with van der Waals surface area (Å²) >= 11 is 6.02. The van der Waals surface area contributed by atoms with Gasteiger partial charge in [-0.3, -0.25) is 0 Å². The van der Waals surface area contributed by atoms with Gasteiger partial charge in [-0.15, -0.1) is 0 Å². The van der Waals surface area contributed by atoms with Gasteiger partial charge in [0.05, 0.1) is 12.2 Å². The molecule has 2 nitrogen and oxygen atoms in total. The molecule has 0 aliphatic carbocycles. The molecule has 2 aliphatic rings. The summed E-state index contributed by atoms with van der Waals surface area (Å²) in [7, 11) is 0. The summed E-state index contributed by atoms with van der Waals surface area (Å²) in [5.41, 5.74) is 2.79. The number of halogens is 1. The predicted molar refractivity (Wildman–Crippen MR) is 64.4 cm³/mol. The van der Waals surface area contributed by atoms with Gasteiger partial charge < -0.3 is 4.74 Å². The molecule has 1 saturated heterocycles. The number of hydrogen-bond acceptors (Lipinski definition) is 2. The van der Waals surface area contributed by atoms with Crippen molar-refractivity contribution in [3.63, 3.8) is 0 Å². The molecule has 0 atom stereocenters. The lowest BCUT2D eigenvalue weighted by Crippen LogP contribution is -2.44. The number of rotatable bonds is 0. The average molecular weight is 238 g/mol. The fraction of sp³-hybridized carbons (Fsp3) is 0.538. The fourth-order valence-electron chi connectivity index (χ4n) is 2.87. The van der Waals surface area contributed by atoms with E-state index in [1.54, 1.807) is 0 Å². The molecule has 1 spiro atoms. The number of benzene rings is 1. The van der Waals surface area contributed by atoms with Crippen LogP contribution in [0.3, 0.4) is 0 Å². The first-order valence-corrected chi connectivity index (χ1v) is 6.27. The molecule has 0 amide bonds. The van der Waals surface area contributed by atoms with Crippen LogP contribution in [0.1, 0.15) is 24.0 Å². The van der Waals surface area contributed by atoms with E-state index in [0.29, 0.717) is 0 Å². The van der Waals surface area contributed by atoms with Crippen LogP contribution in [0.5, 0.6) is 0 Å². The first kappa shape index (κ1) is 10.6.